The van der Waals surface area contributed by atoms with Crippen LogP contribution in [0.4, 0.5) is 5.69 Å². The first-order chi connectivity index (χ1) is 7.90. The van der Waals surface area contributed by atoms with E-state index in [0.717, 1.165) is 17.1 Å². The molecule has 0 aliphatic rings. The first kappa shape index (κ1) is 12.6. The Balaban J connectivity index is 2.56. The van der Waals surface area contributed by atoms with Crippen molar-refractivity contribution in [3.8, 4) is 0 Å². The SMILES string of the molecule is C[C@@H](NC(=O)Cn1cc([N+](=O)[O-])cn1)C(=O)O. The zero-order valence-corrected chi connectivity index (χ0v) is 8.86. The van der Waals surface area contributed by atoms with Crippen molar-refractivity contribution in [1.29, 1.82) is 0 Å². The van der Waals surface area contributed by atoms with Gasteiger partial charge in [-0.25, -0.2) is 0 Å². The fourth-order valence-corrected chi connectivity index (χ4v) is 1.03. The molecule has 9 nitrogen and oxygen atoms in total. The van der Waals surface area contributed by atoms with E-state index in [4.69, 9.17) is 5.11 Å². The van der Waals surface area contributed by atoms with Crippen LogP contribution in [-0.2, 0) is 16.1 Å². The van der Waals surface area contributed by atoms with Gasteiger partial charge in [-0.05, 0) is 6.92 Å². The molecule has 1 aromatic rings. The molecule has 0 saturated heterocycles. The Kier molecular flexibility index (Phi) is 3.75. The summed E-state index contributed by atoms with van der Waals surface area (Å²) >= 11 is 0. The average molecular weight is 242 g/mol. The van der Waals surface area contributed by atoms with Crippen molar-refractivity contribution >= 4 is 17.6 Å². The van der Waals surface area contributed by atoms with E-state index in [1.165, 1.54) is 6.92 Å². The van der Waals surface area contributed by atoms with E-state index in [1.807, 2.05) is 0 Å². The first-order valence-corrected chi connectivity index (χ1v) is 4.59. The smallest absolute Gasteiger partial charge is 0.325 e. The molecule has 0 fully saturated rings. The number of carbonyl (C=O) groups excluding carboxylic acids is 1. The van der Waals surface area contributed by atoms with Crippen LogP contribution in [0.1, 0.15) is 6.92 Å². The maximum atomic E-state index is 11.3. The van der Waals surface area contributed by atoms with E-state index >= 15 is 0 Å². The van der Waals surface area contributed by atoms with Gasteiger partial charge in [0, 0.05) is 0 Å². The summed E-state index contributed by atoms with van der Waals surface area (Å²) in [5.41, 5.74) is -0.232. The van der Waals surface area contributed by atoms with Gasteiger partial charge in [-0.15, -0.1) is 0 Å². The molecule has 0 saturated carbocycles. The van der Waals surface area contributed by atoms with Crippen molar-refractivity contribution in [3.63, 3.8) is 0 Å². The number of aromatic nitrogens is 2. The van der Waals surface area contributed by atoms with E-state index in [0.29, 0.717) is 0 Å². The molecule has 0 unspecified atom stereocenters. The molecule has 1 amide bonds. The van der Waals surface area contributed by atoms with Crippen LogP contribution < -0.4 is 5.32 Å². The van der Waals surface area contributed by atoms with Crippen molar-refractivity contribution in [1.82, 2.24) is 15.1 Å². The summed E-state index contributed by atoms with van der Waals surface area (Å²) < 4.78 is 1.06. The number of rotatable bonds is 5. The van der Waals surface area contributed by atoms with Crippen molar-refractivity contribution in [2.45, 2.75) is 19.5 Å². The molecular formula is C8H10N4O5. The Labute approximate surface area is 95.2 Å². The summed E-state index contributed by atoms with van der Waals surface area (Å²) in [6.45, 7) is 1.04. The lowest BCUT2D eigenvalue weighted by Gasteiger charge is -2.08. The minimum absolute atomic E-state index is 0.232. The molecule has 1 atom stereocenters. The van der Waals surface area contributed by atoms with E-state index in [9.17, 15) is 19.7 Å². The maximum absolute atomic E-state index is 11.3. The van der Waals surface area contributed by atoms with Crippen LogP contribution in [0, 0.1) is 10.1 Å². The fourth-order valence-electron chi connectivity index (χ4n) is 1.03. The van der Waals surface area contributed by atoms with Gasteiger partial charge in [0.25, 0.3) is 0 Å². The van der Waals surface area contributed by atoms with E-state index in [2.05, 4.69) is 10.4 Å². The van der Waals surface area contributed by atoms with Crippen molar-refractivity contribution in [3.05, 3.63) is 22.5 Å². The Morgan fingerprint density at radius 1 is 1.71 bits per heavy atom. The lowest BCUT2D eigenvalue weighted by atomic mass is 10.3. The Hall–Kier alpha value is -2.45. The highest BCUT2D eigenvalue weighted by molar-refractivity contribution is 5.82. The van der Waals surface area contributed by atoms with Crippen LogP contribution in [-0.4, -0.2) is 37.7 Å². The zero-order valence-electron chi connectivity index (χ0n) is 8.86. The van der Waals surface area contributed by atoms with Gasteiger partial charge in [0.2, 0.25) is 5.91 Å². The molecule has 1 heterocycles. The summed E-state index contributed by atoms with van der Waals surface area (Å²) in [5.74, 6) is -1.75. The third-order valence-electron chi connectivity index (χ3n) is 1.88. The molecule has 17 heavy (non-hydrogen) atoms. The summed E-state index contributed by atoms with van der Waals surface area (Å²) in [6, 6.07) is -1.02. The second-order valence-electron chi connectivity index (χ2n) is 3.28. The number of carbonyl (C=O) groups is 2. The van der Waals surface area contributed by atoms with Gasteiger partial charge < -0.3 is 10.4 Å². The predicted octanol–water partition coefficient (Wildman–Crippen LogP) is -0.619. The number of nitrogens with one attached hydrogen (secondary N) is 1. The largest absolute Gasteiger partial charge is 0.480 e. The zero-order chi connectivity index (χ0) is 13.0. The van der Waals surface area contributed by atoms with Gasteiger partial charge in [0.15, 0.2) is 0 Å². The molecule has 92 valence electrons. The molecule has 1 aromatic heterocycles. The number of carboxylic acid groups (broad SMARTS) is 1. The van der Waals surface area contributed by atoms with E-state index in [-0.39, 0.29) is 12.2 Å². The number of nitro groups is 1. The molecule has 0 aromatic carbocycles. The summed E-state index contributed by atoms with van der Waals surface area (Å²) in [7, 11) is 0. The number of carboxylic acids is 1. The van der Waals surface area contributed by atoms with Crippen LogP contribution in [0.3, 0.4) is 0 Å². The second kappa shape index (κ2) is 5.05. The Morgan fingerprint density at radius 3 is 2.82 bits per heavy atom. The van der Waals surface area contributed by atoms with Crippen molar-refractivity contribution < 1.29 is 19.6 Å². The Bertz CT molecular complexity index is 455. The lowest BCUT2D eigenvalue weighted by molar-refractivity contribution is -0.385. The molecule has 0 bridgehead atoms. The van der Waals surface area contributed by atoms with Crippen molar-refractivity contribution in [2.24, 2.45) is 0 Å². The standard InChI is InChI=1S/C8H10N4O5/c1-5(8(14)15)10-7(13)4-11-3-6(2-9-11)12(16)17/h2-3,5H,4H2,1H3,(H,10,13)(H,14,15)/t5-/m1/s1. The van der Waals surface area contributed by atoms with Gasteiger partial charge in [-0.3, -0.25) is 24.4 Å². The minimum atomic E-state index is -1.16. The average Bonchev–Trinajstić information content (AvgIpc) is 2.65. The van der Waals surface area contributed by atoms with Gasteiger partial charge in [0.05, 0.1) is 4.92 Å². The minimum Gasteiger partial charge on any atom is -0.480 e. The number of aliphatic carboxylic acids is 1. The fraction of sp³-hybridized carbons (Fsp3) is 0.375. The Morgan fingerprint density at radius 2 is 2.35 bits per heavy atom. The van der Waals surface area contributed by atoms with Crippen LogP contribution in [0.25, 0.3) is 0 Å². The second-order valence-corrected chi connectivity index (χ2v) is 3.28. The number of nitrogens with zero attached hydrogens (tertiary/aromatic N) is 3. The summed E-state index contributed by atoms with van der Waals surface area (Å²) in [4.78, 5) is 31.5. The molecule has 1 rings (SSSR count). The monoisotopic (exact) mass is 242 g/mol. The summed E-state index contributed by atoms with van der Waals surface area (Å²) in [6.07, 6.45) is 2.10. The molecule has 0 radical (unpaired) electrons. The van der Waals surface area contributed by atoms with Crippen LogP contribution in [0.15, 0.2) is 12.4 Å². The molecule has 0 aliphatic heterocycles. The normalized spacial score (nSPS) is 11.8. The van der Waals surface area contributed by atoms with Gasteiger partial charge >= 0.3 is 11.7 Å². The topological polar surface area (TPSA) is 127 Å². The van der Waals surface area contributed by atoms with Crippen molar-refractivity contribution in [2.75, 3.05) is 0 Å². The van der Waals surface area contributed by atoms with Gasteiger partial charge in [-0.1, -0.05) is 0 Å². The van der Waals surface area contributed by atoms with Crippen LogP contribution >= 0.6 is 0 Å². The molecule has 2 N–H and O–H groups in total. The van der Waals surface area contributed by atoms with Crippen LogP contribution in [0.5, 0.6) is 0 Å². The molecule has 0 spiro atoms. The maximum Gasteiger partial charge on any atom is 0.325 e. The highest BCUT2D eigenvalue weighted by atomic mass is 16.6. The molecule has 0 aliphatic carbocycles. The highest BCUT2D eigenvalue weighted by Gasteiger charge is 2.15. The van der Waals surface area contributed by atoms with Gasteiger partial charge in [-0.2, -0.15) is 5.10 Å². The van der Waals surface area contributed by atoms with Crippen LogP contribution in [0.2, 0.25) is 0 Å². The molecule has 9 heteroatoms. The quantitative estimate of drug-likeness (QED) is 0.523. The van der Waals surface area contributed by atoms with E-state index < -0.39 is 22.8 Å². The lowest BCUT2D eigenvalue weighted by Crippen LogP contribution is -2.40. The number of amides is 1. The first-order valence-electron chi connectivity index (χ1n) is 4.59. The van der Waals surface area contributed by atoms with E-state index in [1.54, 1.807) is 0 Å². The number of hydrogen-bond acceptors (Lipinski definition) is 5. The summed E-state index contributed by atoms with van der Waals surface area (Å²) in [5, 5.41) is 24.7. The number of hydrogen-bond donors (Lipinski definition) is 2. The highest BCUT2D eigenvalue weighted by Crippen LogP contribution is 2.07. The molecular weight excluding hydrogens is 232 g/mol. The third kappa shape index (κ3) is 3.55. The predicted molar refractivity (Wildman–Crippen MR) is 54.1 cm³/mol. The third-order valence-corrected chi connectivity index (χ3v) is 1.88. The van der Waals surface area contributed by atoms with Gasteiger partial charge in [0.1, 0.15) is 25.0 Å².